The number of likely N-dealkylation sites (tertiary alicyclic amines) is 1. The highest BCUT2D eigenvalue weighted by Gasteiger charge is 2.46. The van der Waals surface area contributed by atoms with E-state index < -0.39 is 0 Å². The van der Waals surface area contributed by atoms with E-state index in [0.29, 0.717) is 18.8 Å². The summed E-state index contributed by atoms with van der Waals surface area (Å²) in [5.41, 5.74) is 1.01. The van der Waals surface area contributed by atoms with Crippen LogP contribution >= 0.6 is 0 Å². The first kappa shape index (κ1) is 21.1. The molecule has 0 aromatic heterocycles. The van der Waals surface area contributed by atoms with E-state index in [0.717, 1.165) is 17.7 Å². The smallest absolute Gasteiger partial charge is 0.233 e. The molecule has 2 aliphatic rings. The lowest BCUT2D eigenvalue weighted by Crippen LogP contribution is -2.36. The zero-order valence-electron chi connectivity index (χ0n) is 17.4. The van der Waals surface area contributed by atoms with Gasteiger partial charge < -0.3 is 10.1 Å². The maximum atomic E-state index is 12.6. The molecule has 1 aliphatic heterocycles. The van der Waals surface area contributed by atoms with Gasteiger partial charge in [0.2, 0.25) is 17.7 Å². The van der Waals surface area contributed by atoms with Crippen LogP contribution in [-0.4, -0.2) is 36.3 Å². The van der Waals surface area contributed by atoms with Gasteiger partial charge in [-0.15, -0.1) is 0 Å². The Labute approximate surface area is 172 Å². The number of imide groups is 1. The van der Waals surface area contributed by atoms with E-state index in [4.69, 9.17) is 4.74 Å². The first-order chi connectivity index (χ1) is 13.9. The third kappa shape index (κ3) is 4.86. The Hall–Kier alpha value is -2.63. The molecule has 1 fully saturated rings. The number of ether oxygens (including phenoxy) is 1. The third-order valence-corrected chi connectivity index (χ3v) is 5.72. The summed E-state index contributed by atoms with van der Waals surface area (Å²) in [5.74, 6) is 0.259. The highest BCUT2D eigenvalue weighted by atomic mass is 16.5. The van der Waals surface area contributed by atoms with Crippen LogP contribution in [0.25, 0.3) is 0 Å². The number of fused-ring (bicyclic) bond motifs is 1. The standard InChI is InChI=1S/C23H30N2O4/c1-15(2)14-20(16-8-10-17(29-3)11-9-16)24-21(26)12-13-25-22(27)18-6-4-5-7-19(18)23(25)28/h4-5,8-11,15,18-20H,6-7,12-14H2,1-3H3,(H,24,26)/t18-,19+,20-/m0/s1. The van der Waals surface area contributed by atoms with Gasteiger partial charge in [-0.25, -0.2) is 0 Å². The molecule has 156 valence electrons. The van der Waals surface area contributed by atoms with Crippen molar-refractivity contribution in [1.29, 1.82) is 0 Å². The number of amides is 3. The Balaban J connectivity index is 1.60. The van der Waals surface area contributed by atoms with Crippen molar-refractivity contribution in [1.82, 2.24) is 10.2 Å². The van der Waals surface area contributed by atoms with E-state index in [1.54, 1.807) is 7.11 Å². The minimum Gasteiger partial charge on any atom is -0.497 e. The molecule has 1 saturated heterocycles. The number of hydrogen-bond donors (Lipinski definition) is 1. The van der Waals surface area contributed by atoms with Gasteiger partial charge >= 0.3 is 0 Å². The SMILES string of the molecule is COc1ccc([C@H](CC(C)C)NC(=O)CCN2C(=O)[C@H]3CC=CC[C@H]3C2=O)cc1. The quantitative estimate of drug-likeness (QED) is 0.539. The molecular formula is C23H30N2O4. The van der Waals surface area contributed by atoms with E-state index >= 15 is 0 Å². The molecule has 6 heteroatoms. The van der Waals surface area contributed by atoms with Gasteiger partial charge in [-0.1, -0.05) is 38.1 Å². The van der Waals surface area contributed by atoms with Crippen LogP contribution in [0.1, 0.15) is 51.1 Å². The van der Waals surface area contributed by atoms with Crippen LogP contribution in [-0.2, 0) is 14.4 Å². The van der Waals surface area contributed by atoms with Crippen LogP contribution in [0, 0.1) is 17.8 Å². The van der Waals surface area contributed by atoms with Crippen LogP contribution in [0.5, 0.6) is 5.75 Å². The fourth-order valence-corrected chi connectivity index (χ4v) is 4.16. The second-order valence-electron chi connectivity index (χ2n) is 8.26. The van der Waals surface area contributed by atoms with Gasteiger partial charge in [0.05, 0.1) is 25.0 Å². The predicted octanol–water partition coefficient (Wildman–Crippen LogP) is 3.24. The zero-order valence-corrected chi connectivity index (χ0v) is 17.4. The van der Waals surface area contributed by atoms with E-state index in [-0.39, 0.29) is 48.6 Å². The molecule has 6 nitrogen and oxygen atoms in total. The summed E-state index contributed by atoms with van der Waals surface area (Å²) in [5, 5.41) is 3.08. The molecule has 3 rings (SSSR count). The van der Waals surface area contributed by atoms with Crippen molar-refractivity contribution in [2.45, 2.75) is 45.6 Å². The number of carbonyl (C=O) groups excluding carboxylic acids is 3. The molecule has 3 amide bonds. The van der Waals surface area contributed by atoms with Crippen molar-refractivity contribution in [3.63, 3.8) is 0 Å². The van der Waals surface area contributed by atoms with Gasteiger partial charge in [-0.05, 0) is 42.9 Å². The lowest BCUT2D eigenvalue weighted by atomic mass is 9.85. The van der Waals surface area contributed by atoms with Crippen molar-refractivity contribution in [2.24, 2.45) is 17.8 Å². The van der Waals surface area contributed by atoms with Crippen molar-refractivity contribution < 1.29 is 19.1 Å². The van der Waals surface area contributed by atoms with Crippen LogP contribution in [0.3, 0.4) is 0 Å². The highest BCUT2D eigenvalue weighted by Crippen LogP contribution is 2.35. The van der Waals surface area contributed by atoms with Crippen LogP contribution in [0.2, 0.25) is 0 Å². The van der Waals surface area contributed by atoms with Gasteiger partial charge in [-0.2, -0.15) is 0 Å². The maximum Gasteiger partial charge on any atom is 0.233 e. The number of nitrogens with zero attached hydrogens (tertiary/aromatic N) is 1. The molecule has 0 radical (unpaired) electrons. The largest absolute Gasteiger partial charge is 0.497 e. The molecule has 0 spiro atoms. The number of rotatable bonds is 8. The molecule has 0 bridgehead atoms. The Morgan fingerprint density at radius 2 is 1.69 bits per heavy atom. The van der Waals surface area contributed by atoms with Crippen molar-refractivity contribution in [3.05, 3.63) is 42.0 Å². The molecule has 1 aromatic rings. The number of methoxy groups -OCH3 is 1. The summed E-state index contributed by atoms with van der Waals surface area (Å²) in [4.78, 5) is 39.0. The Kier molecular flexibility index (Phi) is 6.72. The second kappa shape index (κ2) is 9.25. The highest BCUT2D eigenvalue weighted by molar-refractivity contribution is 6.05. The third-order valence-electron chi connectivity index (χ3n) is 5.72. The Morgan fingerprint density at radius 3 is 2.21 bits per heavy atom. The number of benzene rings is 1. The van der Waals surface area contributed by atoms with E-state index in [9.17, 15) is 14.4 Å². The Morgan fingerprint density at radius 1 is 1.10 bits per heavy atom. The fourth-order valence-electron chi connectivity index (χ4n) is 4.16. The summed E-state index contributed by atoms with van der Waals surface area (Å²) >= 11 is 0. The minimum atomic E-state index is -0.247. The van der Waals surface area contributed by atoms with Gasteiger partial charge in [-0.3, -0.25) is 19.3 Å². The molecule has 29 heavy (non-hydrogen) atoms. The monoisotopic (exact) mass is 398 g/mol. The maximum absolute atomic E-state index is 12.6. The van der Waals surface area contributed by atoms with Crippen molar-refractivity contribution in [2.75, 3.05) is 13.7 Å². The lowest BCUT2D eigenvalue weighted by molar-refractivity contribution is -0.140. The summed E-state index contributed by atoms with van der Waals surface area (Å²) in [6.07, 6.45) is 6.09. The average molecular weight is 399 g/mol. The summed E-state index contributed by atoms with van der Waals surface area (Å²) in [6, 6.07) is 7.55. The molecule has 3 atom stereocenters. The number of hydrogen-bond acceptors (Lipinski definition) is 4. The van der Waals surface area contributed by atoms with Crippen molar-refractivity contribution in [3.8, 4) is 5.75 Å². The first-order valence-corrected chi connectivity index (χ1v) is 10.3. The minimum absolute atomic E-state index is 0.120. The molecule has 0 saturated carbocycles. The molecule has 1 N–H and O–H groups in total. The molecule has 1 heterocycles. The first-order valence-electron chi connectivity index (χ1n) is 10.3. The van der Waals surface area contributed by atoms with Crippen LogP contribution in [0.15, 0.2) is 36.4 Å². The molecule has 0 unspecified atom stereocenters. The average Bonchev–Trinajstić information content (AvgIpc) is 2.96. The van der Waals surface area contributed by atoms with Gasteiger partial charge in [0.25, 0.3) is 0 Å². The normalized spacial score (nSPS) is 22.0. The second-order valence-corrected chi connectivity index (χ2v) is 8.26. The van der Waals surface area contributed by atoms with Gasteiger partial charge in [0.15, 0.2) is 0 Å². The van der Waals surface area contributed by atoms with E-state index in [1.807, 2.05) is 36.4 Å². The van der Waals surface area contributed by atoms with Crippen LogP contribution < -0.4 is 10.1 Å². The van der Waals surface area contributed by atoms with E-state index in [1.165, 1.54) is 4.90 Å². The van der Waals surface area contributed by atoms with Crippen LogP contribution in [0.4, 0.5) is 0 Å². The van der Waals surface area contributed by atoms with Crippen molar-refractivity contribution >= 4 is 17.7 Å². The Bertz CT molecular complexity index is 759. The molecule has 1 aromatic carbocycles. The van der Waals surface area contributed by atoms with E-state index in [2.05, 4.69) is 19.2 Å². The lowest BCUT2D eigenvalue weighted by Gasteiger charge is -2.22. The summed E-state index contributed by atoms with van der Waals surface area (Å²) in [6.45, 7) is 4.37. The number of nitrogens with one attached hydrogen (secondary N) is 1. The molecular weight excluding hydrogens is 368 g/mol. The zero-order chi connectivity index (χ0) is 21.0. The topological polar surface area (TPSA) is 75.7 Å². The summed E-state index contributed by atoms with van der Waals surface area (Å²) in [7, 11) is 1.62. The molecule has 1 aliphatic carbocycles. The fraction of sp³-hybridized carbons (Fsp3) is 0.522. The van der Waals surface area contributed by atoms with Gasteiger partial charge in [0, 0.05) is 13.0 Å². The summed E-state index contributed by atoms with van der Waals surface area (Å²) < 4.78 is 5.21. The number of allylic oxidation sites excluding steroid dienone is 2. The number of carbonyl (C=O) groups is 3. The predicted molar refractivity (Wildman–Crippen MR) is 110 cm³/mol. The van der Waals surface area contributed by atoms with Gasteiger partial charge in [0.1, 0.15) is 5.75 Å².